The Bertz CT molecular complexity index is 579. The van der Waals surface area contributed by atoms with E-state index in [9.17, 15) is 9.00 Å². The van der Waals surface area contributed by atoms with Crippen molar-refractivity contribution in [1.82, 2.24) is 4.31 Å². The van der Waals surface area contributed by atoms with Crippen molar-refractivity contribution in [2.75, 3.05) is 20.2 Å². The van der Waals surface area contributed by atoms with Crippen molar-refractivity contribution in [3.05, 3.63) is 29.8 Å². The van der Waals surface area contributed by atoms with E-state index in [1.807, 2.05) is 0 Å². The molecule has 0 aliphatic heterocycles. The Balaban J connectivity index is 3.05. The number of carbonyl (C=O) groups excluding carboxylic acids is 1. The topological polar surface area (TPSA) is 107 Å². The van der Waals surface area contributed by atoms with Crippen LogP contribution in [0.4, 0.5) is 0 Å². The third-order valence-electron chi connectivity index (χ3n) is 2.68. The average molecular weight is 283 g/mol. The summed E-state index contributed by atoms with van der Waals surface area (Å²) in [5.41, 5.74) is 5.07. The molecule has 0 spiro atoms. The lowest BCUT2D eigenvalue weighted by Crippen LogP contribution is -2.29. The molecule has 0 fully saturated rings. The Morgan fingerprint density at radius 2 is 2.00 bits per heavy atom. The van der Waals surface area contributed by atoms with Crippen LogP contribution in [0.2, 0.25) is 0 Å². The highest BCUT2D eigenvalue weighted by Gasteiger charge is 2.15. The van der Waals surface area contributed by atoms with Gasteiger partial charge < -0.3 is 10.8 Å². The van der Waals surface area contributed by atoms with Crippen LogP contribution < -0.4 is 5.73 Å². The molecule has 0 aliphatic carbocycles. The first-order chi connectivity index (χ1) is 8.80. The number of aliphatic hydroxyl groups is 1. The molecule has 0 bridgehead atoms. The Kier molecular flexibility index (Phi) is 4.82. The number of primary amides is 1. The van der Waals surface area contributed by atoms with Gasteiger partial charge in [0.25, 0.3) is 5.91 Å². The molecule has 0 aliphatic rings. The van der Waals surface area contributed by atoms with Crippen LogP contribution in [-0.4, -0.2) is 51.3 Å². The molecule has 1 amide bonds. The van der Waals surface area contributed by atoms with Crippen LogP contribution in [0.15, 0.2) is 29.2 Å². The standard InChI is InChI=1S/C12H17N3O3S/c1-15(7-8-16)19(2,18)10-5-3-9(4-6-10)11(13)12(14)17/h3-6,13,16H,2,7-8H2,1H3,(H2,14,17). The van der Waals surface area contributed by atoms with Crippen molar-refractivity contribution >= 4 is 27.2 Å². The molecule has 1 atom stereocenters. The number of amides is 1. The van der Waals surface area contributed by atoms with Crippen LogP contribution in [0.5, 0.6) is 0 Å². The van der Waals surface area contributed by atoms with E-state index in [1.165, 1.54) is 28.6 Å². The quantitative estimate of drug-likeness (QED) is 0.481. The van der Waals surface area contributed by atoms with Crippen molar-refractivity contribution in [3.63, 3.8) is 0 Å². The zero-order chi connectivity index (χ0) is 14.6. The lowest BCUT2D eigenvalue weighted by molar-refractivity contribution is -0.112. The second kappa shape index (κ2) is 5.96. The van der Waals surface area contributed by atoms with E-state index in [0.29, 0.717) is 10.5 Å². The molecule has 0 saturated heterocycles. The van der Waals surface area contributed by atoms with Crippen molar-refractivity contribution < 1.29 is 14.1 Å². The molecule has 19 heavy (non-hydrogen) atoms. The summed E-state index contributed by atoms with van der Waals surface area (Å²) in [6.07, 6.45) is 0. The normalized spacial score (nSPS) is 14.1. The third-order valence-corrected chi connectivity index (χ3v) is 4.87. The minimum Gasteiger partial charge on any atom is -0.395 e. The van der Waals surface area contributed by atoms with Crippen LogP contribution in [0.3, 0.4) is 0 Å². The van der Waals surface area contributed by atoms with Crippen LogP contribution in [0.25, 0.3) is 0 Å². The predicted octanol–water partition coefficient (Wildman–Crippen LogP) is -0.546. The van der Waals surface area contributed by atoms with E-state index in [2.05, 4.69) is 5.87 Å². The summed E-state index contributed by atoms with van der Waals surface area (Å²) in [4.78, 5) is 11.3. The fourth-order valence-corrected chi connectivity index (χ4v) is 2.74. The van der Waals surface area contributed by atoms with E-state index >= 15 is 0 Å². The Hall–Kier alpha value is -1.70. The van der Waals surface area contributed by atoms with Crippen molar-refractivity contribution in [3.8, 4) is 0 Å². The van der Waals surface area contributed by atoms with Gasteiger partial charge in [-0.05, 0) is 25.1 Å². The van der Waals surface area contributed by atoms with Crippen molar-refractivity contribution in [2.24, 2.45) is 5.73 Å². The number of nitrogens with zero attached hydrogens (tertiary/aromatic N) is 1. The van der Waals surface area contributed by atoms with Crippen LogP contribution >= 0.6 is 0 Å². The molecule has 7 heteroatoms. The monoisotopic (exact) mass is 283 g/mol. The van der Waals surface area contributed by atoms with Gasteiger partial charge >= 0.3 is 0 Å². The predicted molar refractivity (Wildman–Crippen MR) is 75.7 cm³/mol. The van der Waals surface area contributed by atoms with Gasteiger partial charge in [0, 0.05) is 17.0 Å². The first kappa shape index (κ1) is 15.4. The largest absolute Gasteiger partial charge is 0.395 e. The summed E-state index contributed by atoms with van der Waals surface area (Å²) in [7, 11) is -1.08. The molecule has 1 aromatic carbocycles. The fourth-order valence-electron chi connectivity index (χ4n) is 1.44. The maximum atomic E-state index is 12.5. The lowest BCUT2D eigenvalue weighted by Gasteiger charge is -2.21. The van der Waals surface area contributed by atoms with Crippen LogP contribution in [0, 0.1) is 5.41 Å². The minimum absolute atomic E-state index is 0.118. The van der Waals surface area contributed by atoms with Gasteiger partial charge in [-0.2, -0.15) is 0 Å². The summed E-state index contributed by atoms with van der Waals surface area (Å²) < 4.78 is 13.9. The molecule has 1 rings (SSSR count). The van der Waals surface area contributed by atoms with E-state index < -0.39 is 15.6 Å². The second-order valence-corrected chi connectivity index (χ2v) is 6.35. The number of nitrogens with one attached hydrogen (secondary N) is 1. The van der Waals surface area contributed by atoms with Gasteiger partial charge in [0.1, 0.15) is 5.71 Å². The van der Waals surface area contributed by atoms with Gasteiger partial charge in [-0.15, -0.1) is 0 Å². The van der Waals surface area contributed by atoms with Crippen LogP contribution in [0.1, 0.15) is 5.56 Å². The molecular weight excluding hydrogens is 266 g/mol. The molecule has 1 aromatic rings. The highest BCUT2D eigenvalue weighted by Crippen LogP contribution is 2.15. The second-order valence-electron chi connectivity index (χ2n) is 3.98. The number of rotatable bonds is 6. The number of benzene rings is 1. The lowest BCUT2D eigenvalue weighted by atomic mass is 10.1. The Morgan fingerprint density at radius 1 is 1.47 bits per heavy atom. The van der Waals surface area contributed by atoms with Gasteiger partial charge in [0.15, 0.2) is 0 Å². The number of likely N-dealkylation sites (N-methyl/N-ethyl adjacent to an activating group) is 1. The third kappa shape index (κ3) is 3.40. The number of hydrogen-bond donors (Lipinski definition) is 3. The smallest absolute Gasteiger partial charge is 0.267 e. The Morgan fingerprint density at radius 3 is 2.42 bits per heavy atom. The summed E-state index contributed by atoms with van der Waals surface area (Å²) in [6, 6.07) is 6.08. The molecule has 0 heterocycles. The van der Waals surface area contributed by atoms with E-state index in [0.717, 1.165) is 0 Å². The minimum atomic E-state index is -2.68. The van der Waals surface area contributed by atoms with Crippen molar-refractivity contribution in [1.29, 1.82) is 5.41 Å². The van der Waals surface area contributed by atoms with Gasteiger partial charge in [-0.1, -0.05) is 12.1 Å². The summed E-state index contributed by atoms with van der Waals surface area (Å²) in [5.74, 6) is 2.85. The van der Waals surface area contributed by atoms with Gasteiger partial charge in [-0.25, -0.2) is 8.51 Å². The maximum Gasteiger partial charge on any atom is 0.267 e. The highest BCUT2D eigenvalue weighted by atomic mass is 32.2. The number of nitrogens with two attached hydrogens (primary N) is 1. The zero-order valence-electron chi connectivity index (χ0n) is 10.6. The van der Waals surface area contributed by atoms with Gasteiger partial charge in [-0.3, -0.25) is 10.2 Å². The van der Waals surface area contributed by atoms with Gasteiger partial charge in [0.05, 0.1) is 16.3 Å². The summed E-state index contributed by atoms with van der Waals surface area (Å²) in [6.45, 7) is 0.120. The first-order valence-corrected chi connectivity index (χ1v) is 7.17. The highest BCUT2D eigenvalue weighted by molar-refractivity contribution is 7.98. The van der Waals surface area contributed by atoms with E-state index in [1.54, 1.807) is 7.05 Å². The molecular formula is C12H17N3O3S. The zero-order valence-corrected chi connectivity index (χ0v) is 11.4. The summed E-state index contributed by atoms with van der Waals surface area (Å²) in [5, 5.41) is 16.3. The van der Waals surface area contributed by atoms with E-state index in [-0.39, 0.29) is 18.9 Å². The molecule has 6 nitrogen and oxygen atoms in total. The fraction of sp³-hybridized carbons (Fsp3) is 0.250. The molecule has 0 aromatic heterocycles. The summed E-state index contributed by atoms with van der Waals surface area (Å²) >= 11 is 0. The van der Waals surface area contributed by atoms with Crippen LogP contribution in [-0.2, 0) is 14.5 Å². The van der Waals surface area contributed by atoms with Gasteiger partial charge in [0.2, 0.25) is 0 Å². The number of carbonyl (C=O) groups is 1. The molecule has 0 radical (unpaired) electrons. The molecule has 104 valence electrons. The SMILES string of the molecule is C=S(=O)(c1ccc(C(=N)C(N)=O)cc1)N(C)CCO. The molecule has 4 N–H and O–H groups in total. The number of hydrogen-bond acceptors (Lipinski definition) is 4. The average Bonchev–Trinajstić information content (AvgIpc) is 2.38. The molecule has 0 saturated carbocycles. The van der Waals surface area contributed by atoms with E-state index in [4.69, 9.17) is 16.2 Å². The maximum absolute atomic E-state index is 12.5. The Labute approximate surface area is 112 Å². The van der Waals surface area contributed by atoms with Crippen molar-refractivity contribution in [2.45, 2.75) is 4.90 Å². The number of aliphatic hydroxyl groups excluding tert-OH is 1. The first-order valence-electron chi connectivity index (χ1n) is 5.49. The molecule has 1 unspecified atom stereocenters.